The smallest absolute Gasteiger partial charge is 0.421 e. The largest absolute Gasteiger partial charge is 0.464 e. The third kappa shape index (κ3) is 6.90. The van der Waals surface area contributed by atoms with Crippen molar-refractivity contribution in [2.24, 2.45) is 0 Å². The highest BCUT2D eigenvalue weighted by atomic mass is 35.5. The van der Waals surface area contributed by atoms with Crippen LogP contribution >= 0.6 is 11.6 Å². The van der Waals surface area contributed by atoms with Crippen molar-refractivity contribution < 1.29 is 36.3 Å². The number of fused-ring (bicyclic) bond motifs is 1. The molecule has 2 aromatic heterocycles. The summed E-state index contributed by atoms with van der Waals surface area (Å²) in [5.74, 6) is 0.0938. The van der Waals surface area contributed by atoms with E-state index in [-0.39, 0.29) is 47.5 Å². The summed E-state index contributed by atoms with van der Waals surface area (Å²) >= 11 is 6.05. The standard InChI is InChI=1S/C32H26ClF3N4O5S/c1-20-4-10-24(11-5-20)46(44,45)39(31(42)43)16-14-21-6-8-23(9-7-21)40-28-18-26(33)25(32(34,35)36)17-27(28)38-30(40)13-12-29(41)22-3-2-15-37-19-22/h2-11,15,17-19H,12-14,16H2,1H3,(H,42,43). The number of nitrogens with zero attached hydrogens (tertiary/aromatic N) is 4. The number of rotatable bonds is 10. The third-order valence-electron chi connectivity index (χ3n) is 7.30. The Kier molecular flexibility index (Phi) is 9.17. The molecule has 0 bridgehead atoms. The maximum absolute atomic E-state index is 13.6. The van der Waals surface area contributed by atoms with Crippen LogP contribution in [0.15, 0.2) is 90.1 Å². The van der Waals surface area contributed by atoms with Gasteiger partial charge in [-0.05, 0) is 67.4 Å². The first-order valence-corrected chi connectivity index (χ1v) is 15.7. The highest BCUT2D eigenvalue weighted by Gasteiger charge is 2.34. The normalized spacial score (nSPS) is 11.9. The molecule has 0 saturated carbocycles. The molecular weight excluding hydrogens is 645 g/mol. The van der Waals surface area contributed by atoms with Crippen molar-refractivity contribution in [1.82, 2.24) is 18.8 Å². The Labute approximate surface area is 267 Å². The maximum atomic E-state index is 13.6. The minimum absolute atomic E-state index is 0.00738. The van der Waals surface area contributed by atoms with Gasteiger partial charge in [0.05, 0.1) is 26.5 Å². The molecule has 0 saturated heterocycles. The number of pyridine rings is 1. The van der Waals surface area contributed by atoms with Gasteiger partial charge in [-0.1, -0.05) is 41.4 Å². The van der Waals surface area contributed by atoms with Gasteiger partial charge in [0.25, 0.3) is 10.0 Å². The number of alkyl halides is 3. The first-order chi connectivity index (χ1) is 21.8. The SMILES string of the molecule is Cc1ccc(S(=O)(=O)N(CCc2ccc(-n3c(CCC(=O)c4cccnc4)nc4cc(C(F)(F)F)c(Cl)cc43)cc2)C(=O)O)cc1. The third-order valence-corrected chi connectivity index (χ3v) is 9.40. The molecule has 0 spiro atoms. The summed E-state index contributed by atoms with van der Waals surface area (Å²) in [5.41, 5.74) is 1.58. The van der Waals surface area contributed by atoms with Gasteiger partial charge in [0.1, 0.15) is 5.82 Å². The van der Waals surface area contributed by atoms with Gasteiger partial charge in [-0.25, -0.2) is 22.5 Å². The van der Waals surface area contributed by atoms with Crippen LogP contribution in [0.2, 0.25) is 5.02 Å². The number of aromatic nitrogens is 3. The summed E-state index contributed by atoms with van der Waals surface area (Å²) in [7, 11) is -4.32. The molecule has 0 atom stereocenters. The topological polar surface area (TPSA) is 122 Å². The van der Waals surface area contributed by atoms with Crippen molar-refractivity contribution in [1.29, 1.82) is 0 Å². The lowest BCUT2D eigenvalue weighted by atomic mass is 10.1. The zero-order valence-electron chi connectivity index (χ0n) is 24.2. The molecule has 46 heavy (non-hydrogen) atoms. The first-order valence-electron chi connectivity index (χ1n) is 13.9. The summed E-state index contributed by atoms with van der Waals surface area (Å²) in [6.45, 7) is 1.43. The highest BCUT2D eigenvalue weighted by molar-refractivity contribution is 7.89. The van der Waals surface area contributed by atoms with Crippen molar-refractivity contribution in [3.63, 3.8) is 0 Å². The predicted octanol–water partition coefficient (Wildman–Crippen LogP) is 7.13. The van der Waals surface area contributed by atoms with E-state index in [1.807, 2.05) is 0 Å². The van der Waals surface area contributed by atoms with Crippen molar-refractivity contribution in [3.05, 3.63) is 118 Å². The van der Waals surface area contributed by atoms with Crippen LogP contribution in [0.1, 0.15) is 39.3 Å². The molecule has 2 heterocycles. The van der Waals surface area contributed by atoms with Crippen LogP contribution < -0.4 is 0 Å². The molecule has 5 aromatic rings. The van der Waals surface area contributed by atoms with E-state index in [0.29, 0.717) is 26.9 Å². The molecule has 0 radical (unpaired) electrons. The summed E-state index contributed by atoms with van der Waals surface area (Å²) in [6.07, 6.45) is -3.22. The van der Waals surface area contributed by atoms with Gasteiger partial charge in [-0.2, -0.15) is 13.2 Å². The van der Waals surface area contributed by atoms with Crippen LogP contribution in [0.4, 0.5) is 18.0 Å². The van der Waals surface area contributed by atoms with Crippen LogP contribution in [-0.4, -0.2) is 50.8 Å². The molecule has 0 fully saturated rings. The van der Waals surface area contributed by atoms with E-state index in [9.17, 15) is 36.3 Å². The van der Waals surface area contributed by atoms with Crippen LogP contribution in [0.3, 0.4) is 0 Å². The first kappa shape index (κ1) is 32.6. The number of amides is 1. The van der Waals surface area contributed by atoms with E-state index >= 15 is 0 Å². The Morgan fingerprint density at radius 2 is 1.70 bits per heavy atom. The lowest BCUT2D eigenvalue weighted by molar-refractivity contribution is -0.137. The summed E-state index contributed by atoms with van der Waals surface area (Å²) < 4.78 is 68.9. The Hall–Kier alpha value is -4.75. The fraction of sp³-hybridized carbons (Fsp3) is 0.188. The van der Waals surface area contributed by atoms with E-state index in [2.05, 4.69) is 9.97 Å². The minimum atomic E-state index is -4.70. The van der Waals surface area contributed by atoms with E-state index < -0.39 is 32.9 Å². The monoisotopic (exact) mass is 670 g/mol. The lowest BCUT2D eigenvalue weighted by Gasteiger charge is -2.19. The molecule has 0 unspecified atom stereocenters. The fourth-order valence-electron chi connectivity index (χ4n) is 4.92. The summed E-state index contributed by atoms with van der Waals surface area (Å²) in [4.78, 5) is 32.9. The number of aryl methyl sites for hydroxylation is 2. The summed E-state index contributed by atoms with van der Waals surface area (Å²) in [5, 5.41) is 9.17. The van der Waals surface area contributed by atoms with E-state index in [1.165, 1.54) is 30.6 Å². The molecule has 14 heteroatoms. The van der Waals surface area contributed by atoms with Crippen molar-refractivity contribution in [3.8, 4) is 5.69 Å². The number of carbonyl (C=O) groups is 2. The molecule has 1 amide bonds. The molecule has 3 aromatic carbocycles. The number of Topliss-reactive ketones (excluding diaryl/α,β-unsaturated/α-hetero) is 1. The average Bonchev–Trinajstić information content (AvgIpc) is 3.36. The number of imidazole rings is 1. The van der Waals surface area contributed by atoms with Crippen LogP contribution in [0, 0.1) is 6.92 Å². The highest BCUT2D eigenvalue weighted by Crippen LogP contribution is 2.38. The average molecular weight is 671 g/mol. The number of benzene rings is 3. The van der Waals surface area contributed by atoms with Crippen LogP contribution in [0.5, 0.6) is 0 Å². The summed E-state index contributed by atoms with van der Waals surface area (Å²) in [6, 6.07) is 17.7. The Morgan fingerprint density at radius 3 is 2.30 bits per heavy atom. The van der Waals surface area contributed by atoms with E-state index in [4.69, 9.17) is 11.6 Å². The van der Waals surface area contributed by atoms with Gasteiger partial charge < -0.3 is 5.11 Å². The second kappa shape index (κ2) is 12.9. The van der Waals surface area contributed by atoms with Crippen molar-refractivity contribution in [2.75, 3.05) is 6.54 Å². The zero-order chi connectivity index (χ0) is 33.2. The van der Waals surface area contributed by atoms with Gasteiger partial charge in [0.15, 0.2) is 5.78 Å². The second-order valence-corrected chi connectivity index (χ2v) is 12.7. The molecule has 1 N–H and O–H groups in total. The predicted molar refractivity (Wildman–Crippen MR) is 165 cm³/mol. The van der Waals surface area contributed by atoms with Crippen molar-refractivity contribution >= 4 is 44.5 Å². The molecule has 0 aliphatic rings. The molecule has 0 aliphatic carbocycles. The van der Waals surface area contributed by atoms with Gasteiger partial charge in [-0.15, -0.1) is 0 Å². The lowest BCUT2D eigenvalue weighted by Crippen LogP contribution is -2.37. The Bertz CT molecular complexity index is 2020. The number of carboxylic acid groups (broad SMARTS) is 1. The zero-order valence-corrected chi connectivity index (χ0v) is 25.8. The van der Waals surface area contributed by atoms with Crippen LogP contribution in [0.25, 0.3) is 16.7 Å². The molecule has 238 valence electrons. The Balaban J connectivity index is 1.44. The molecule has 0 aliphatic heterocycles. The van der Waals surface area contributed by atoms with Gasteiger partial charge in [0.2, 0.25) is 0 Å². The molecule has 9 nitrogen and oxygen atoms in total. The van der Waals surface area contributed by atoms with Gasteiger partial charge >= 0.3 is 12.3 Å². The Morgan fingerprint density at radius 1 is 1.00 bits per heavy atom. The van der Waals surface area contributed by atoms with Gasteiger partial charge in [-0.3, -0.25) is 14.3 Å². The molecular formula is C32H26ClF3N4O5S. The van der Waals surface area contributed by atoms with Crippen LogP contribution in [-0.2, 0) is 29.0 Å². The number of hydrogen-bond donors (Lipinski definition) is 1. The number of halogens is 4. The number of ketones is 1. The minimum Gasteiger partial charge on any atom is -0.464 e. The second-order valence-electron chi connectivity index (χ2n) is 10.4. The van der Waals surface area contributed by atoms with E-state index in [1.54, 1.807) is 60.0 Å². The molecule has 5 rings (SSSR count). The van der Waals surface area contributed by atoms with Crippen molar-refractivity contribution in [2.45, 2.75) is 37.3 Å². The number of carbonyl (C=O) groups excluding carboxylic acids is 1. The fourth-order valence-corrected chi connectivity index (χ4v) is 6.45. The number of hydrogen-bond acceptors (Lipinski definition) is 6. The van der Waals surface area contributed by atoms with Gasteiger partial charge in [0, 0.05) is 43.0 Å². The quantitative estimate of drug-likeness (QED) is 0.157. The maximum Gasteiger partial charge on any atom is 0.421 e. The van der Waals surface area contributed by atoms with E-state index in [0.717, 1.165) is 11.6 Å². The number of sulfonamides is 1.